The molecule has 1 aromatic heterocycles. The first-order valence-corrected chi connectivity index (χ1v) is 6.83. The minimum atomic E-state index is -0.0723. The number of rotatable bonds is 4. The van der Waals surface area contributed by atoms with Crippen LogP contribution in [0.15, 0.2) is 30.5 Å². The van der Waals surface area contributed by atoms with Crippen LogP contribution < -0.4 is 9.47 Å². The predicted octanol–water partition coefficient (Wildman–Crippen LogP) is 2.84. The van der Waals surface area contributed by atoms with Gasteiger partial charge in [-0.1, -0.05) is 0 Å². The molecule has 0 atom stereocenters. The summed E-state index contributed by atoms with van der Waals surface area (Å²) in [5.74, 6) is 1.22. The van der Waals surface area contributed by atoms with E-state index in [0.29, 0.717) is 17.1 Å². The van der Waals surface area contributed by atoms with Crippen molar-refractivity contribution in [3.8, 4) is 11.5 Å². The summed E-state index contributed by atoms with van der Waals surface area (Å²) in [4.78, 5) is 12.2. The number of carbonyl (C=O) groups excluding carboxylic acids is 1. The lowest BCUT2D eigenvalue weighted by Gasteiger charge is -1.98. The van der Waals surface area contributed by atoms with Crippen molar-refractivity contribution in [1.82, 2.24) is 9.78 Å². The molecular weight excluding hydrogens is 268 g/mol. The smallest absolute Gasteiger partial charge is 0.231 e. The second-order valence-electron chi connectivity index (χ2n) is 4.79. The molecule has 0 amide bonds. The van der Waals surface area contributed by atoms with Crippen LogP contribution in [-0.4, -0.2) is 22.4 Å². The number of carbonyl (C=O) groups is 1. The first-order valence-electron chi connectivity index (χ1n) is 6.83. The van der Waals surface area contributed by atoms with E-state index in [4.69, 9.17) is 9.47 Å². The fourth-order valence-electron chi connectivity index (χ4n) is 2.17. The Morgan fingerprint density at radius 1 is 1.38 bits per heavy atom. The standard InChI is InChI=1S/C16H16N2O3/c1-3-18-9-13(11(2)17-18)4-6-14(19)12-5-7-15-16(8-12)21-10-20-15/h4-9H,3,10H2,1-2H3/b6-4-. The molecule has 1 aliphatic rings. The summed E-state index contributed by atoms with van der Waals surface area (Å²) in [6.45, 7) is 4.97. The number of ether oxygens (including phenoxy) is 2. The van der Waals surface area contributed by atoms with Gasteiger partial charge >= 0.3 is 0 Å². The zero-order valence-corrected chi connectivity index (χ0v) is 12.0. The molecule has 0 spiro atoms. The molecule has 0 unspecified atom stereocenters. The Kier molecular flexibility index (Phi) is 3.48. The lowest BCUT2D eigenvalue weighted by molar-refractivity contribution is 0.104. The number of ketones is 1. The predicted molar refractivity (Wildman–Crippen MR) is 78.6 cm³/mol. The minimum Gasteiger partial charge on any atom is -0.454 e. The van der Waals surface area contributed by atoms with Gasteiger partial charge in [0.25, 0.3) is 0 Å². The lowest BCUT2D eigenvalue weighted by Crippen LogP contribution is -1.94. The molecule has 0 bridgehead atoms. The molecule has 0 saturated heterocycles. The monoisotopic (exact) mass is 284 g/mol. The molecule has 2 aromatic rings. The van der Waals surface area contributed by atoms with E-state index in [1.165, 1.54) is 0 Å². The minimum absolute atomic E-state index is 0.0723. The van der Waals surface area contributed by atoms with Crippen molar-refractivity contribution < 1.29 is 14.3 Å². The van der Waals surface area contributed by atoms with Crippen LogP contribution in [0.4, 0.5) is 0 Å². The summed E-state index contributed by atoms with van der Waals surface area (Å²) >= 11 is 0. The summed E-state index contributed by atoms with van der Waals surface area (Å²) in [6.07, 6.45) is 5.28. The van der Waals surface area contributed by atoms with Gasteiger partial charge in [0.1, 0.15) is 0 Å². The summed E-state index contributed by atoms with van der Waals surface area (Å²) in [6, 6.07) is 5.20. The van der Waals surface area contributed by atoms with Crippen LogP contribution in [0.25, 0.3) is 6.08 Å². The Morgan fingerprint density at radius 2 is 2.19 bits per heavy atom. The van der Waals surface area contributed by atoms with Crippen molar-refractivity contribution in [2.24, 2.45) is 0 Å². The first-order chi connectivity index (χ1) is 10.2. The highest BCUT2D eigenvalue weighted by molar-refractivity contribution is 6.07. The van der Waals surface area contributed by atoms with E-state index in [2.05, 4.69) is 5.10 Å². The molecule has 5 nitrogen and oxygen atoms in total. The molecule has 1 aromatic carbocycles. The van der Waals surface area contributed by atoms with Gasteiger partial charge in [0.2, 0.25) is 6.79 Å². The van der Waals surface area contributed by atoms with Gasteiger partial charge in [0, 0.05) is 23.9 Å². The van der Waals surface area contributed by atoms with Gasteiger partial charge in [-0.05, 0) is 44.2 Å². The van der Waals surface area contributed by atoms with E-state index in [-0.39, 0.29) is 12.6 Å². The maximum atomic E-state index is 12.2. The Labute approximate surface area is 122 Å². The van der Waals surface area contributed by atoms with Crippen LogP contribution in [0, 0.1) is 6.92 Å². The van der Waals surface area contributed by atoms with Crippen LogP contribution in [0.3, 0.4) is 0 Å². The Hall–Kier alpha value is -2.56. The number of allylic oxidation sites excluding steroid dienone is 1. The average Bonchev–Trinajstić information content (AvgIpc) is 3.10. The average molecular weight is 284 g/mol. The van der Waals surface area contributed by atoms with E-state index in [9.17, 15) is 4.79 Å². The molecule has 2 heterocycles. The third kappa shape index (κ3) is 2.67. The normalized spacial score (nSPS) is 13.0. The summed E-state index contributed by atoms with van der Waals surface area (Å²) in [5, 5.41) is 4.34. The largest absolute Gasteiger partial charge is 0.454 e. The van der Waals surface area contributed by atoms with Gasteiger partial charge in [-0.2, -0.15) is 5.10 Å². The van der Waals surface area contributed by atoms with Gasteiger partial charge in [-0.15, -0.1) is 0 Å². The van der Waals surface area contributed by atoms with Gasteiger partial charge in [0.15, 0.2) is 17.3 Å². The molecule has 0 N–H and O–H groups in total. The zero-order valence-electron chi connectivity index (χ0n) is 12.0. The van der Waals surface area contributed by atoms with Crippen molar-refractivity contribution in [3.63, 3.8) is 0 Å². The highest BCUT2D eigenvalue weighted by atomic mass is 16.7. The lowest BCUT2D eigenvalue weighted by atomic mass is 10.1. The molecule has 5 heteroatoms. The highest BCUT2D eigenvalue weighted by Gasteiger charge is 2.15. The molecule has 108 valence electrons. The molecule has 3 rings (SSSR count). The SMILES string of the molecule is CCn1cc(/C=C\C(=O)c2ccc3c(c2)OCO3)c(C)n1. The van der Waals surface area contributed by atoms with Crippen LogP contribution in [0.2, 0.25) is 0 Å². The Bertz CT molecular complexity index is 716. The van der Waals surface area contributed by atoms with Gasteiger partial charge in [-0.25, -0.2) is 0 Å². The van der Waals surface area contributed by atoms with Crippen molar-refractivity contribution >= 4 is 11.9 Å². The van der Waals surface area contributed by atoms with E-state index in [1.54, 1.807) is 30.4 Å². The quantitative estimate of drug-likeness (QED) is 0.640. The summed E-state index contributed by atoms with van der Waals surface area (Å²) in [5.41, 5.74) is 2.44. The highest BCUT2D eigenvalue weighted by Crippen LogP contribution is 2.32. The summed E-state index contributed by atoms with van der Waals surface area (Å²) < 4.78 is 12.4. The first kappa shape index (κ1) is 13.4. The fraction of sp³-hybridized carbons (Fsp3) is 0.250. The summed E-state index contributed by atoms with van der Waals surface area (Å²) in [7, 11) is 0. The molecule has 21 heavy (non-hydrogen) atoms. The Morgan fingerprint density at radius 3 is 2.95 bits per heavy atom. The molecule has 0 saturated carbocycles. The van der Waals surface area contributed by atoms with Gasteiger partial charge < -0.3 is 9.47 Å². The van der Waals surface area contributed by atoms with Crippen molar-refractivity contribution in [3.05, 3.63) is 47.3 Å². The molecular formula is C16H16N2O3. The third-order valence-corrected chi connectivity index (χ3v) is 3.38. The Balaban J connectivity index is 1.79. The maximum absolute atomic E-state index is 12.2. The number of aromatic nitrogens is 2. The number of benzene rings is 1. The molecule has 0 radical (unpaired) electrons. The van der Waals surface area contributed by atoms with E-state index in [1.807, 2.05) is 24.7 Å². The van der Waals surface area contributed by atoms with Crippen LogP contribution in [0.1, 0.15) is 28.5 Å². The number of nitrogens with zero attached hydrogens (tertiary/aromatic N) is 2. The van der Waals surface area contributed by atoms with Crippen molar-refractivity contribution in [2.75, 3.05) is 6.79 Å². The van der Waals surface area contributed by atoms with Crippen molar-refractivity contribution in [2.45, 2.75) is 20.4 Å². The molecule has 0 aliphatic carbocycles. The maximum Gasteiger partial charge on any atom is 0.231 e. The van der Waals surface area contributed by atoms with Crippen LogP contribution >= 0.6 is 0 Å². The zero-order chi connectivity index (χ0) is 14.8. The topological polar surface area (TPSA) is 53.4 Å². The number of fused-ring (bicyclic) bond motifs is 1. The molecule has 1 aliphatic heterocycles. The fourth-order valence-corrected chi connectivity index (χ4v) is 2.17. The van der Waals surface area contributed by atoms with E-state index in [0.717, 1.165) is 17.8 Å². The number of hydrogen-bond donors (Lipinski definition) is 0. The van der Waals surface area contributed by atoms with Gasteiger partial charge in [-0.3, -0.25) is 9.48 Å². The second-order valence-corrected chi connectivity index (χ2v) is 4.79. The van der Waals surface area contributed by atoms with Crippen LogP contribution in [0.5, 0.6) is 11.5 Å². The van der Waals surface area contributed by atoms with Crippen molar-refractivity contribution in [1.29, 1.82) is 0 Å². The number of aryl methyl sites for hydroxylation is 2. The molecule has 0 fully saturated rings. The van der Waals surface area contributed by atoms with E-state index < -0.39 is 0 Å². The third-order valence-electron chi connectivity index (χ3n) is 3.38. The second kappa shape index (κ2) is 5.44. The van der Waals surface area contributed by atoms with Crippen LogP contribution in [-0.2, 0) is 6.54 Å². The number of hydrogen-bond acceptors (Lipinski definition) is 4. The van der Waals surface area contributed by atoms with E-state index >= 15 is 0 Å². The van der Waals surface area contributed by atoms with Gasteiger partial charge in [0.05, 0.1) is 5.69 Å².